The summed E-state index contributed by atoms with van der Waals surface area (Å²) in [4.78, 5) is 29.7. The molecule has 1 aromatic heterocycles. The molecule has 0 saturated heterocycles. The van der Waals surface area contributed by atoms with Gasteiger partial charge >= 0.3 is 6.03 Å². The van der Waals surface area contributed by atoms with Crippen LogP contribution in [0.1, 0.15) is 35.7 Å². The van der Waals surface area contributed by atoms with E-state index in [0.29, 0.717) is 47.2 Å². The Hall–Kier alpha value is -3.11. The van der Waals surface area contributed by atoms with Crippen molar-refractivity contribution < 1.29 is 24.0 Å². The second-order valence-corrected chi connectivity index (χ2v) is 8.87. The van der Waals surface area contributed by atoms with Crippen molar-refractivity contribution in [3.63, 3.8) is 0 Å². The summed E-state index contributed by atoms with van der Waals surface area (Å²) in [6, 6.07) is 4.15. The summed E-state index contributed by atoms with van der Waals surface area (Å²) in [5, 5.41) is 19.0. The number of carbonyl (C=O) groups is 2. The molecule has 3 N–H and O–H groups in total. The molecule has 0 fully saturated rings. The minimum absolute atomic E-state index is 0.0529. The lowest BCUT2D eigenvalue weighted by molar-refractivity contribution is 0.0363. The van der Waals surface area contributed by atoms with Crippen molar-refractivity contribution >= 4 is 23.3 Å². The normalized spacial score (nSPS) is 19.4. The predicted molar refractivity (Wildman–Crippen MR) is 125 cm³/mol. The highest BCUT2D eigenvalue weighted by Gasteiger charge is 2.33. The van der Waals surface area contributed by atoms with Crippen LogP contribution in [0.2, 0.25) is 0 Å². The topological polar surface area (TPSA) is 120 Å². The molecular formula is C23H33N5O5. The lowest BCUT2D eigenvalue weighted by atomic mass is 9.99. The number of benzene rings is 1. The van der Waals surface area contributed by atoms with Crippen molar-refractivity contribution in [1.82, 2.24) is 15.0 Å². The highest BCUT2D eigenvalue weighted by atomic mass is 16.5. The van der Waals surface area contributed by atoms with Crippen LogP contribution in [0.15, 0.2) is 22.7 Å². The number of likely N-dealkylation sites (N-methyl/N-ethyl adjacent to an activating group) is 1. The number of carbonyl (C=O) groups excluding carboxylic acids is 2. The molecule has 1 aliphatic heterocycles. The average Bonchev–Trinajstić information content (AvgIpc) is 3.07. The molecule has 3 unspecified atom stereocenters. The summed E-state index contributed by atoms with van der Waals surface area (Å²) < 4.78 is 11.3. The number of hydrogen-bond donors (Lipinski definition) is 3. The maximum Gasteiger partial charge on any atom is 0.323 e. The van der Waals surface area contributed by atoms with Crippen LogP contribution in [0.5, 0.6) is 5.75 Å². The monoisotopic (exact) mass is 459 g/mol. The zero-order valence-electron chi connectivity index (χ0n) is 20.0. The quantitative estimate of drug-likeness (QED) is 0.607. The van der Waals surface area contributed by atoms with Gasteiger partial charge in [0.2, 0.25) is 0 Å². The molecule has 3 atom stereocenters. The fourth-order valence-electron chi connectivity index (χ4n) is 3.82. The standard InChI is InChI=1S/C23H33N5O5/c1-13-10-28(14(2)12-29)22(30)18-9-17(7-8-19(18)32-20(13)11-27(5)6)24-23(31)25-21-15(3)26-33-16(21)4/h7-9,13-14,20,29H,10-12H2,1-6H3,(H2,24,25,31). The van der Waals surface area contributed by atoms with E-state index in [1.54, 1.807) is 36.9 Å². The van der Waals surface area contributed by atoms with Gasteiger partial charge in [-0.1, -0.05) is 12.1 Å². The number of hydrogen-bond acceptors (Lipinski definition) is 7. The lowest BCUT2D eigenvalue weighted by Gasteiger charge is -2.37. The minimum Gasteiger partial charge on any atom is -0.488 e. The Morgan fingerprint density at radius 1 is 1.33 bits per heavy atom. The van der Waals surface area contributed by atoms with Crippen LogP contribution in [-0.4, -0.2) is 77.9 Å². The van der Waals surface area contributed by atoms with Crippen LogP contribution < -0.4 is 15.4 Å². The molecule has 0 bridgehead atoms. The smallest absolute Gasteiger partial charge is 0.323 e. The Morgan fingerprint density at radius 2 is 2.06 bits per heavy atom. The Balaban J connectivity index is 1.90. The summed E-state index contributed by atoms with van der Waals surface area (Å²) in [5.74, 6) is 0.748. The SMILES string of the molecule is Cc1noc(C)c1NC(=O)Nc1ccc2c(c1)C(=O)N(C(C)CO)CC(C)C(CN(C)C)O2. The number of rotatable bonds is 6. The number of urea groups is 1. The second kappa shape index (κ2) is 10.2. The molecule has 0 spiro atoms. The molecule has 33 heavy (non-hydrogen) atoms. The summed E-state index contributed by atoms with van der Waals surface area (Å²) in [6.07, 6.45) is -0.151. The van der Waals surface area contributed by atoms with Crippen LogP contribution in [-0.2, 0) is 0 Å². The van der Waals surface area contributed by atoms with Crippen molar-refractivity contribution in [3.05, 3.63) is 35.2 Å². The van der Waals surface area contributed by atoms with E-state index in [1.807, 2.05) is 32.8 Å². The first-order chi connectivity index (χ1) is 15.6. The number of anilines is 2. The van der Waals surface area contributed by atoms with Gasteiger partial charge in [-0.3, -0.25) is 4.79 Å². The number of nitrogens with one attached hydrogen (secondary N) is 2. The van der Waals surface area contributed by atoms with E-state index < -0.39 is 6.03 Å². The summed E-state index contributed by atoms with van der Waals surface area (Å²) in [5.41, 5.74) is 1.84. The Morgan fingerprint density at radius 3 is 2.67 bits per heavy atom. The number of aryl methyl sites for hydroxylation is 2. The maximum absolute atomic E-state index is 13.4. The number of amides is 3. The molecule has 3 amide bonds. The van der Waals surface area contributed by atoms with Crippen LogP contribution >= 0.6 is 0 Å². The van der Waals surface area contributed by atoms with E-state index in [4.69, 9.17) is 9.26 Å². The second-order valence-electron chi connectivity index (χ2n) is 8.87. The Bertz CT molecular complexity index is 986. The molecule has 1 aromatic carbocycles. The van der Waals surface area contributed by atoms with E-state index in [9.17, 15) is 14.7 Å². The average molecular weight is 460 g/mol. The molecule has 2 aromatic rings. The van der Waals surface area contributed by atoms with Crippen molar-refractivity contribution in [1.29, 1.82) is 0 Å². The third kappa shape index (κ3) is 5.63. The largest absolute Gasteiger partial charge is 0.488 e. The van der Waals surface area contributed by atoms with E-state index in [1.165, 1.54) is 0 Å². The van der Waals surface area contributed by atoms with Gasteiger partial charge in [0, 0.05) is 24.7 Å². The van der Waals surface area contributed by atoms with Gasteiger partial charge in [-0.25, -0.2) is 4.79 Å². The number of fused-ring (bicyclic) bond motifs is 1. The van der Waals surface area contributed by atoms with E-state index in [0.717, 1.165) is 0 Å². The predicted octanol–water partition coefficient (Wildman–Crippen LogP) is 2.72. The van der Waals surface area contributed by atoms with Crippen LogP contribution in [0, 0.1) is 19.8 Å². The summed E-state index contributed by atoms with van der Waals surface area (Å²) >= 11 is 0. The molecule has 0 saturated carbocycles. The maximum atomic E-state index is 13.4. The van der Waals surface area contributed by atoms with Gasteiger partial charge in [0.05, 0.1) is 18.2 Å². The van der Waals surface area contributed by atoms with Gasteiger partial charge in [0.1, 0.15) is 23.2 Å². The fraction of sp³-hybridized carbons (Fsp3) is 0.522. The molecular weight excluding hydrogens is 426 g/mol. The zero-order chi connectivity index (χ0) is 24.3. The highest BCUT2D eigenvalue weighted by molar-refractivity contribution is 6.03. The van der Waals surface area contributed by atoms with Crippen LogP contribution in [0.25, 0.3) is 0 Å². The molecule has 1 aliphatic rings. The summed E-state index contributed by atoms with van der Waals surface area (Å²) in [7, 11) is 3.94. The van der Waals surface area contributed by atoms with Crippen molar-refractivity contribution in [2.45, 2.75) is 39.8 Å². The zero-order valence-corrected chi connectivity index (χ0v) is 20.0. The van der Waals surface area contributed by atoms with E-state index in [-0.39, 0.29) is 30.6 Å². The minimum atomic E-state index is -0.483. The van der Waals surface area contributed by atoms with Gasteiger partial charge in [-0.15, -0.1) is 0 Å². The molecule has 3 rings (SSSR count). The van der Waals surface area contributed by atoms with Crippen LogP contribution in [0.3, 0.4) is 0 Å². The number of aromatic nitrogens is 1. The third-order valence-corrected chi connectivity index (χ3v) is 5.74. The number of ether oxygens (including phenoxy) is 1. The molecule has 2 heterocycles. The number of nitrogens with zero attached hydrogens (tertiary/aromatic N) is 3. The van der Waals surface area contributed by atoms with Crippen molar-refractivity contribution in [2.24, 2.45) is 5.92 Å². The molecule has 10 nitrogen and oxygen atoms in total. The lowest BCUT2D eigenvalue weighted by Crippen LogP contribution is -2.49. The van der Waals surface area contributed by atoms with Crippen molar-refractivity contribution in [2.75, 3.05) is 44.4 Å². The van der Waals surface area contributed by atoms with E-state index >= 15 is 0 Å². The van der Waals surface area contributed by atoms with Crippen LogP contribution in [0.4, 0.5) is 16.2 Å². The summed E-state index contributed by atoms with van der Waals surface area (Å²) in [6.45, 7) is 8.27. The van der Waals surface area contributed by atoms with Gasteiger partial charge < -0.3 is 34.8 Å². The molecule has 180 valence electrons. The number of aliphatic hydroxyl groups excluding tert-OH is 1. The third-order valence-electron chi connectivity index (χ3n) is 5.74. The fourth-order valence-corrected chi connectivity index (χ4v) is 3.82. The first-order valence-electron chi connectivity index (χ1n) is 11.0. The molecule has 0 aliphatic carbocycles. The van der Waals surface area contributed by atoms with Gasteiger partial charge in [-0.05, 0) is 53.1 Å². The number of aliphatic hydroxyl groups is 1. The van der Waals surface area contributed by atoms with Gasteiger partial charge in [0.15, 0.2) is 5.76 Å². The van der Waals surface area contributed by atoms with E-state index in [2.05, 4.69) is 15.8 Å². The van der Waals surface area contributed by atoms with Gasteiger partial charge in [-0.2, -0.15) is 0 Å². The molecule has 10 heteroatoms. The first kappa shape index (κ1) is 24.5. The molecule has 0 radical (unpaired) electrons. The first-order valence-corrected chi connectivity index (χ1v) is 11.0. The van der Waals surface area contributed by atoms with Gasteiger partial charge in [0.25, 0.3) is 5.91 Å². The highest BCUT2D eigenvalue weighted by Crippen LogP contribution is 2.30. The Labute approximate surface area is 193 Å². The Kier molecular flexibility index (Phi) is 7.60. The van der Waals surface area contributed by atoms with Crippen molar-refractivity contribution in [3.8, 4) is 5.75 Å².